The second kappa shape index (κ2) is 12.4. The second-order valence-corrected chi connectivity index (χ2v) is 8.79. The molecule has 2 heterocycles. The first kappa shape index (κ1) is 23.9. The number of urea groups is 1. The Morgan fingerprint density at radius 3 is 2.17 bits per heavy atom. The van der Waals surface area contributed by atoms with Crippen LogP contribution < -0.4 is 10.6 Å². The molecule has 2 rings (SSSR count). The largest absolute Gasteiger partial charge is 0.356 e. The third kappa shape index (κ3) is 7.78. The quantitative estimate of drug-likeness (QED) is 0.573. The molecule has 7 heteroatoms. The van der Waals surface area contributed by atoms with E-state index in [1.165, 1.54) is 0 Å². The molecular formula is C22H43N5O2. The van der Waals surface area contributed by atoms with E-state index in [2.05, 4.69) is 48.1 Å². The van der Waals surface area contributed by atoms with E-state index in [-0.39, 0.29) is 23.9 Å². The minimum absolute atomic E-state index is 0.0433. The minimum atomic E-state index is 0.0433. The topological polar surface area (TPSA) is 67.9 Å². The first-order valence-corrected chi connectivity index (χ1v) is 11.7. The monoisotopic (exact) mass is 409 g/mol. The summed E-state index contributed by atoms with van der Waals surface area (Å²) in [5, 5.41) is 6.30. The smallest absolute Gasteiger partial charge is 0.317 e. The number of hydrogen-bond donors (Lipinski definition) is 2. The standard InChI is InChI=1S/C22H43N5O2/c1-5-25(6-2)13-7-12-23-21(28)19-8-14-27(15-9-19)22(29)24-20-10-16-26(17-11-20)18(3)4/h18-20H,5-17H2,1-4H3,(H,23,28)(H,24,29). The lowest BCUT2D eigenvalue weighted by molar-refractivity contribution is -0.126. The van der Waals surface area contributed by atoms with Gasteiger partial charge in [-0.25, -0.2) is 4.79 Å². The van der Waals surface area contributed by atoms with Crippen molar-refractivity contribution in [3.63, 3.8) is 0 Å². The van der Waals surface area contributed by atoms with Gasteiger partial charge in [0.05, 0.1) is 0 Å². The number of nitrogens with one attached hydrogen (secondary N) is 2. The van der Waals surface area contributed by atoms with E-state index in [9.17, 15) is 9.59 Å². The highest BCUT2D eigenvalue weighted by atomic mass is 16.2. The van der Waals surface area contributed by atoms with E-state index in [0.29, 0.717) is 19.1 Å². The SMILES string of the molecule is CCN(CC)CCCNC(=O)C1CCN(C(=O)NC2CCN(C(C)C)CC2)CC1. The van der Waals surface area contributed by atoms with Crippen LogP contribution in [0.15, 0.2) is 0 Å². The summed E-state index contributed by atoms with van der Waals surface area (Å²) >= 11 is 0. The summed E-state index contributed by atoms with van der Waals surface area (Å²) in [5.41, 5.74) is 0. The second-order valence-electron chi connectivity index (χ2n) is 8.79. The lowest BCUT2D eigenvalue weighted by Gasteiger charge is -2.37. The molecule has 0 unspecified atom stereocenters. The highest BCUT2D eigenvalue weighted by molar-refractivity contribution is 5.79. The molecule has 0 saturated carbocycles. The fourth-order valence-corrected chi connectivity index (χ4v) is 4.37. The fraction of sp³-hybridized carbons (Fsp3) is 0.909. The van der Waals surface area contributed by atoms with Crippen LogP contribution in [0.25, 0.3) is 0 Å². The Hall–Kier alpha value is -1.34. The van der Waals surface area contributed by atoms with E-state index >= 15 is 0 Å². The third-order valence-electron chi connectivity index (χ3n) is 6.59. The predicted octanol–water partition coefficient (Wildman–Crippen LogP) is 2.13. The van der Waals surface area contributed by atoms with Gasteiger partial charge in [-0.2, -0.15) is 0 Å². The Balaban J connectivity index is 1.61. The molecule has 3 amide bonds. The van der Waals surface area contributed by atoms with Crippen molar-refractivity contribution < 1.29 is 9.59 Å². The zero-order valence-electron chi connectivity index (χ0n) is 19.1. The molecule has 7 nitrogen and oxygen atoms in total. The molecule has 2 saturated heterocycles. The van der Waals surface area contributed by atoms with Crippen LogP contribution in [0.4, 0.5) is 4.79 Å². The van der Waals surface area contributed by atoms with E-state index in [1.807, 2.05) is 4.90 Å². The van der Waals surface area contributed by atoms with Gasteiger partial charge in [-0.1, -0.05) is 13.8 Å². The summed E-state index contributed by atoms with van der Waals surface area (Å²) in [7, 11) is 0. The molecule has 2 N–H and O–H groups in total. The molecule has 0 aromatic heterocycles. The van der Waals surface area contributed by atoms with Crippen molar-refractivity contribution in [1.82, 2.24) is 25.3 Å². The van der Waals surface area contributed by atoms with Gasteiger partial charge < -0.3 is 25.3 Å². The van der Waals surface area contributed by atoms with Crippen LogP contribution in [0.1, 0.15) is 59.8 Å². The minimum Gasteiger partial charge on any atom is -0.356 e. The third-order valence-corrected chi connectivity index (χ3v) is 6.59. The number of amides is 3. The maximum Gasteiger partial charge on any atom is 0.317 e. The van der Waals surface area contributed by atoms with Crippen LogP contribution >= 0.6 is 0 Å². The average Bonchev–Trinajstić information content (AvgIpc) is 2.74. The van der Waals surface area contributed by atoms with Crippen LogP contribution in [-0.4, -0.2) is 91.1 Å². The van der Waals surface area contributed by atoms with E-state index in [1.54, 1.807) is 0 Å². The highest BCUT2D eigenvalue weighted by Gasteiger charge is 2.29. The van der Waals surface area contributed by atoms with Gasteiger partial charge in [-0.3, -0.25) is 4.79 Å². The lowest BCUT2D eigenvalue weighted by atomic mass is 9.96. The zero-order valence-corrected chi connectivity index (χ0v) is 19.1. The molecule has 168 valence electrons. The first-order chi connectivity index (χ1) is 13.9. The van der Waals surface area contributed by atoms with Gasteiger partial charge in [-0.05, 0) is 65.6 Å². The Kier molecular flexibility index (Phi) is 10.2. The summed E-state index contributed by atoms with van der Waals surface area (Å²) < 4.78 is 0. The number of carbonyl (C=O) groups excluding carboxylic acids is 2. The maximum atomic E-state index is 12.6. The maximum absolute atomic E-state index is 12.6. The van der Waals surface area contributed by atoms with Crippen molar-refractivity contribution >= 4 is 11.9 Å². The number of carbonyl (C=O) groups is 2. The van der Waals surface area contributed by atoms with Crippen molar-refractivity contribution in [1.29, 1.82) is 0 Å². The number of nitrogens with zero attached hydrogens (tertiary/aromatic N) is 3. The van der Waals surface area contributed by atoms with Gasteiger partial charge in [0.25, 0.3) is 0 Å². The van der Waals surface area contributed by atoms with E-state index in [4.69, 9.17) is 0 Å². The summed E-state index contributed by atoms with van der Waals surface area (Å²) in [6.07, 6.45) is 4.57. The molecule has 0 radical (unpaired) electrons. The molecule has 2 aliphatic rings. The van der Waals surface area contributed by atoms with Crippen LogP contribution in [0.5, 0.6) is 0 Å². The van der Waals surface area contributed by atoms with E-state index in [0.717, 1.165) is 71.4 Å². The van der Waals surface area contributed by atoms with Gasteiger partial charge in [0.15, 0.2) is 0 Å². The van der Waals surface area contributed by atoms with E-state index < -0.39 is 0 Å². The zero-order chi connectivity index (χ0) is 21.2. The number of rotatable bonds is 9. The Bertz CT molecular complexity index is 493. The Labute approximate surface area is 177 Å². The summed E-state index contributed by atoms with van der Waals surface area (Å²) in [6, 6.07) is 0.907. The van der Waals surface area contributed by atoms with Crippen molar-refractivity contribution in [3.8, 4) is 0 Å². The summed E-state index contributed by atoms with van der Waals surface area (Å²) in [6.45, 7) is 16.1. The van der Waals surface area contributed by atoms with Crippen molar-refractivity contribution in [2.45, 2.75) is 71.9 Å². The first-order valence-electron chi connectivity index (χ1n) is 11.7. The van der Waals surface area contributed by atoms with Crippen LogP contribution in [0.3, 0.4) is 0 Å². The van der Waals surface area contributed by atoms with Crippen molar-refractivity contribution in [2.24, 2.45) is 5.92 Å². The molecule has 2 fully saturated rings. The van der Waals surface area contributed by atoms with Gasteiger partial charge in [0, 0.05) is 50.7 Å². The van der Waals surface area contributed by atoms with Gasteiger partial charge in [0.1, 0.15) is 0 Å². The molecule has 0 bridgehead atoms. The normalized spacial score (nSPS) is 19.7. The van der Waals surface area contributed by atoms with Crippen LogP contribution in [-0.2, 0) is 4.79 Å². The molecule has 0 atom stereocenters. The molecule has 0 aromatic rings. The number of hydrogen-bond acceptors (Lipinski definition) is 4. The van der Waals surface area contributed by atoms with Gasteiger partial charge in [-0.15, -0.1) is 0 Å². The Morgan fingerprint density at radius 1 is 1.00 bits per heavy atom. The Morgan fingerprint density at radius 2 is 1.62 bits per heavy atom. The average molecular weight is 410 g/mol. The van der Waals surface area contributed by atoms with Crippen molar-refractivity contribution in [2.75, 3.05) is 52.4 Å². The summed E-state index contributed by atoms with van der Waals surface area (Å²) in [5.74, 6) is 0.201. The van der Waals surface area contributed by atoms with Crippen LogP contribution in [0.2, 0.25) is 0 Å². The molecule has 29 heavy (non-hydrogen) atoms. The number of piperidine rings is 2. The number of likely N-dealkylation sites (tertiary alicyclic amines) is 2. The highest BCUT2D eigenvalue weighted by Crippen LogP contribution is 2.18. The summed E-state index contributed by atoms with van der Waals surface area (Å²) in [4.78, 5) is 31.7. The fourth-order valence-electron chi connectivity index (χ4n) is 4.37. The molecular weight excluding hydrogens is 366 g/mol. The lowest BCUT2D eigenvalue weighted by Crippen LogP contribution is -2.52. The molecule has 0 spiro atoms. The van der Waals surface area contributed by atoms with Crippen molar-refractivity contribution in [3.05, 3.63) is 0 Å². The molecule has 0 aromatic carbocycles. The van der Waals surface area contributed by atoms with Gasteiger partial charge >= 0.3 is 6.03 Å². The molecule has 2 aliphatic heterocycles. The van der Waals surface area contributed by atoms with Crippen LogP contribution in [0, 0.1) is 5.92 Å². The molecule has 0 aliphatic carbocycles. The predicted molar refractivity (Wildman–Crippen MR) is 118 cm³/mol. The van der Waals surface area contributed by atoms with Gasteiger partial charge in [0.2, 0.25) is 5.91 Å².